The number of hydrogen-bond acceptors (Lipinski definition) is 5. The SMILES string of the molecule is COc1c(C#N)cc2ccccc2c1CN(C)C(=O)C(c1ccc(F)cc1)N(C(=O)C(F)(F)F)C1CCN(C)C1. The highest BCUT2D eigenvalue weighted by Gasteiger charge is 2.50. The number of likely N-dealkylation sites (tertiary alicyclic amines) is 1. The van der Waals surface area contributed by atoms with Gasteiger partial charge in [-0.1, -0.05) is 36.4 Å². The lowest BCUT2D eigenvalue weighted by molar-refractivity contribution is -0.192. The summed E-state index contributed by atoms with van der Waals surface area (Å²) in [5.41, 5.74) is 0.767. The van der Waals surface area contributed by atoms with E-state index in [0.717, 1.165) is 12.1 Å². The molecule has 1 fully saturated rings. The van der Waals surface area contributed by atoms with Gasteiger partial charge in [-0.15, -0.1) is 0 Å². The first kappa shape index (κ1) is 28.8. The second kappa shape index (κ2) is 11.5. The maximum absolute atomic E-state index is 14.1. The summed E-state index contributed by atoms with van der Waals surface area (Å²) in [5.74, 6) is -3.34. The van der Waals surface area contributed by atoms with E-state index in [1.807, 2.05) is 0 Å². The number of carbonyl (C=O) groups excluding carboxylic acids is 2. The summed E-state index contributed by atoms with van der Waals surface area (Å²) < 4.78 is 61.1. The van der Waals surface area contributed by atoms with Crippen LogP contribution in [0.5, 0.6) is 5.75 Å². The highest BCUT2D eigenvalue weighted by atomic mass is 19.4. The summed E-state index contributed by atoms with van der Waals surface area (Å²) in [5, 5.41) is 11.1. The fourth-order valence-electron chi connectivity index (χ4n) is 5.25. The number of amides is 2. The van der Waals surface area contributed by atoms with Gasteiger partial charge in [0.05, 0.1) is 12.7 Å². The van der Waals surface area contributed by atoms with Crippen LogP contribution in [0.15, 0.2) is 54.6 Å². The molecule has 0 spiro atoms. The molecule has 3 aromatic carbocycles. The number of benzene rings is 3. The molecule has 11 heteroatoms. The van der Waals surface area contributed by atoms with Crippen LogP contribution < -0.4 is 4.74 Å². The molecule has 0 saturated carbocycles. The number of likely N-dealkylation sites (N-methyl/N-ethyl adjacent to an activating group) is 2. The van der Waals surface area contributed by atoms with Crippen molar-refractivity contribution in [1.82, 2.24) is 14.7 Å². The Balaban J connectivity index is 1.82. The number of hydrogen-bond donors (Lipinski definition) is 0. The summed E-state index contributed by atoms with van der Waals surface area (Å²) in [6.45, 7) is 0.449. The minimum Gasteiger partial charge on any atom is -0.495 e. The van der Waals surface area contributed by atoms with Gasteiger partial charge in [0, 0.05) is 31.7 Å². The summed E-state index contributed by atoms with van der Waals surface area (Å²) in [6, 6.07) is 12.8. The van der Waals surface area contributed by atoms with E-state index in [2.05, 4.69) is 6.07 Å². The first-order valence-corrected chi connectivity index (χ1v) is 12.5. The fraction of sp³-hybridized carbons (Fsp3) is 0.345. The van der Waals surface area contributed by atoms with Gasteiger partial charge in [0.15, 0.2) is 0 Å². The normalized spacial score (nSPS) is 16.4. The van der Waals surface area contributed by atoms with Crippen LogP contribution in [0.3, 0.4) is 0 Å². The molecule has 2 unspecified atom stereocenters. The average Bonchev–Trinajstić information content (AvgIpc) is 3.36. The average molecular weight is 557 g/mol. The number of rotatable bonds is 7. The maximum Gasteiger partial charge on any atom is 0.471 e. The number of halogens is 4. The lowest BCUT2D eigenvalue weighted by Crippen LogP contribution is -2.53. The number of fused-ring (bicyclic) bond motifs is 1. The van der Waals surface area contributed by atoms with Crippen molar-refractivity contribution in [2.24, 2.45) is 0 Å². The van der Waals surface area contributed by atoms with Crippen LogP contribution in [0.2, 0.25) is 0 Å². The van der Waals surface area contributed by atoms with Crippen LogP contribution in [-0.4, -0.2) is 73.0 Å². The van der Waals surface area contributed by atoms with Crippen LogP contribution in [0.25, 0.3) is 10.8 Å². The molecule has 1 aliphatic rings. The van der Waals surface area contributed by atoms with E-state index in [0.29, 0.717) is 27.8 Å². The summed E-state index contributed by atoms with van der Waals surface area (Å²) in [7, 11) is 4.51. The standard InChI is InChI=1S/C29H28F4N4O3/c1-35-13-12-22(16-35)37(28(39)29(31,32)33)25(18-8-10-21(30)11-9-18)27(38)36(2)17-24-23-7-5-4-6-19(23)14-20(15-34)26(24)40-3/h4-11,14,22,25H,12-13,16-17H2,1-3H3. The minimum atomic E-state index is -5.24. The van der Waals surface area contributed by atoms with Crippen molar-refractivity contribution in [2.75, 3.05) is 34.3 Å². The molecule has 1 heterocycles. The van der Waals surface area contributed by atoms with Crippen molar-refractivity contribution in [3.8, 4) is 11.8 Å². The second-order valence-electron chi connectivity index (χ2n) is 9.83. The lowest BCUT2D eigenvalue weighted by Gasteiger charge is -2.38. The van der Waals surface area contributed by atoms with Gasteiger partial charge >= 0.3 is 12.1 Å². The number of carbonyl (C=O) groups is 2. The lowest BCUT2D eigenvalue weighted by atomic mass is 9.97. The molecule has 7 nitrogen and oxygen atoms in total. The van der Waals surface area contributed by atoms with Crippen molar-refractivity contribution < 1.29 is 31.9 Å². The van der Waals surface area contributed by atoms with E-state index >= 15 is 0 Å². The molecule has 0 radical (unpaired) electrons. The maximum atomic E-state index is 14.1. The molecule has 210 valence electrons. The Labute approximate surface area is 229 Å². The van der Waals surface area contributed by atoms with E-state index in [1.54, 1.807) is 42.3 Å². The van der Waals surface area contributed by atoms with E-state index in [-0.39, 0.29) is 36.4 Å². The van der Waals surface area contributed by atoms with Crippen molar-refractivity contribution >= 4 is 22.6 Å². The van der Waals surface area contributed by atoms with E-state index < -0.39 is 35.9 Å². The molecule has 1 saturated heterocycles. The molecule has 0 N–H and O–H groups in total. The van der Waals surface area contributed by atoms with Gasteiger partial charge < -0.3 is 19.4 Å². The monoisotopic (exact) mass is 556 g/mol. The number of ether oxygens (including phenoxy) is 1. The molecule has 3 aromatic rings. The quantitative estimate of drug-likeness (QED) is 0.396. The summed E-state index contributed by atoms with van der Waals surface area (Å²) >= 11 is 0. The van der Waals surface area contributed by atoms with Crippen LogP contribution in [0.4, 0.5) is 17.6 Å². The largest absolute Gasteiger partial charge is 0.495 e. The first-order valence-electron chi connectivity index (χ1n) is 12.5. The predicted molar refractivity (Wildman–Crippen MR) is 140 cm³/mol. The zero-order valence-electron chi connectivity index (χ0n) is 22.2. The second-order valence-corrected chi connectivity index (χ2v) is 9.83. The smallest absolute Gasteiger partial charge is 0.471 e. The van der Waals surface area contributed by atoms with Crippen molar-refractivity contribution in [1.29, 1.82) is 5.26 Å². The highest BCUT2D eigenvalue weighted by molar-refractivity contribution is 5.93. The Morgan fingerprint density at radius 2 is 1.85 bits per heavy atom. The van der Waals surface area contributed by atoms with Gasteiger partial charge in [-0.3, -0.25) is 9.59 Å². The van der Waals surface area contributed by atoms with Gasteiger partial charge in [-0.2, -0.15) is 18.4 Å². The summed E-state index contributed by atoms with van der Waals surface area (Å²) in [4.78, 5) is 30.5. The third-order valence-corrected chi connectivity index (χ3v) is 7.14. The van der Waals surface area contributed by atoms with E-state index in [1.165, 1.54) is 31.2 Å². The number of nitriles is 1. The number of nitrogens with zero attached hydrogens (tertiary/aromatic N) is 4. The molecule has 0 aliphatic carbocycles. The molecular formula is C29H28F4N4O3. The molecule has 0 bridgehead atoms. The molecule has 2 amide bonds. The molecule has 1 aliphatic heterocycles. The molecule has 40 heavy (non-hydrogen) atoms. The van der Waals surface area contributed by atoms with Gasteiger partial charge in [-0.25, -0.2) is 4.39 Å². The Hall–Kier alpha value is -4.17. The number of methoxy groups -OCH3 is 1. The Bertz CT molecular complexity index is 1450. The molecule has 0 aromatic heterocycles. The first-order chi connectivity index (χ1) is 19.0. The highest BCUT2D eigenvalue weighted by Crippen LogP contribution is 2.36. The zero-order valence-corrected chi connectivity index (χ0v) is 22.2. The van der Waals surface area contributed by atoms with Crippen LogP contribution >= 0.6 is 0 Å². The van der Waals surface area contributed by atoms with E-state index in [9.17, 15) is 32.4 Å². The van der Waals surface area contributed by atoms with E-state index in [4.69, 9.17) is 4.74 Å². The van der Waals surface area contributed by atoms with Gasteiger partial charge in [0.25, 0.3) is 0 Å². The van der Waals surface area contributed by atoms with Crippen molar-refractivity contribution in [2.45, 2.75) is 31.2 Å². The van der Waals surface area contributed by atoms with Crippen LogP contribution in [0.1, 0.15) is 29.2 Å². The van der Waals surface area contributed by atoms with Gasteiger partial charge in [0.2, 0.25) is 5.91 Å². The Morgan fingerprint density at radius 3 is 2.42 bits per heavy atom. The topological polar surface area (TPSA) is 76.9 Å². The fourth-order valence-corrected chi connectivity index (χ4v) is 5.25. The van der Waals surface area contributed by atoms with Crippen molar-refractivity contribution in [3.05, 3.63) is 77.1 Å². The third kappa shape index (κ3) is 5.72. The molecule has 4 rings (SSSR count). The number of alkyl halides is 3. The minimum absolute atomic E-state index is 0.0491. The van der Waals surface area contributed by atoms with Crippen molar-refractivity contribution in [3.63, 3.8) is 0 Å². The van der Waals surface area contributed by atoms with Gasteiger partial charge in [-0.05, 0) is 54.5 Å². The predicted octanol–water partition coefficient (Wildman–Crippen LogP) is 4.65. The third-order valence-electron chi connectivity index (χ3n) is 7.14. The summed E-state index contributed by atoms with van der Waals surface area (Å²) in [6.07, 6.45) is -5.01. The Morgan fingerprint density at radius 1 is 1.18 bits per heavy atom. The molecular weight excluding hydrogens is 528 g/mol. The Kier molecular flexibility index (Phi) is 8.30. The van der Waals surface area contributed by atoms with Crippen LogP contribution in [-0.2, 0) is 16.1 Å². The van der Waals surface area contributed by atoms with Gasteiger partial charge in [0.1, 0.15) is 23.7 Å². The molecule has 2 atom stereocenters. The van der Waals surface area contributed by atoms with Crippen LogP contribution in [0, 0.1) is 17.1 Å². The zero-order chi connectivity index (χ0) is 29.2.